The van der Waals surface area contributed by atoms with Crippen LogP contribution in [0, 0.1) is 0 Å². The molecule has 4 aromatic rings. The molecule has 0 spiro atoms. The maximum atomic E-state index is 4.39. The summed E-state index contributed by atoms with van der Waals surface area (Å²) in [5, 5.41) is 4.95. The van der Waals surface area contributed by atoms with Crippen LogP contribution in [0.15, 0.2) is 54.2 Å². The van der Waals surface area contributed by atoms with Gasteiger partial charge in [-0.2, -0.15) is 0 Å². The van der Waals surface area contributed by atoms with Crippen LogP contribution < -0.4 is 4.90 Å². The molecule has 0 aliphatic carbocycles. The Labute approximate surface area is 150 Å². The van der Waals surface area contributed by atoms with E-state index in [9.17, 15) is 0 Å². The van der Waals surface area contributed by atoms with E-state index in [-0.39, 0.29) is 0 Å². The lowest BCUT2D eigenvalue weighted by atomic mass is 10.2. The van der Waals surface area contributed by atoms with E-state index in [1.807, 2.05) is 23.6 Å². The van der Waals surface area contributed by atoms with E-state index >= 15 is 0 Å². The zero-order valence-electron chi connectivity index (χ0n) is 14.0. The minimum atomic E-state index is 0.987. The van der Waals surface area contributed by atoms with Crippen LogP contribution in [-0.2, 0) is 6.54 Å². The van der Waals surface area contributed by atoms with E-state index in [0.717, 1.165) is 38.4 Å². The summed E-state index contributed by atoms with van der Waals surface area (Å²) < 4.78 is 1.38. The Bertz CT molecular complexity index is 1010. The Hall–Kier alpha value is -2.37. The monoisotopic (exact) mass is 348 g/mol. The third-order valence-corrected chi connectivity index (χ3v) is 6.06. The van der Waals surface area contributed by atoms with Gasteiger partial charge < -0.3 is 9.88 Å². The number of pyridine rings is 1. The third kappa shape index (κ3) is 2.69. The molecule has 1 aromatic carbocycles. The quantitative estimate of drug-likeness (QED) is 0.605. The van der Waals surface area contributed by atoms with Crippen molar-refractivity contribution in [1.29, 1.82) is 0 Å². The highest BCUT2D eigenvalue weighted by Gasteiger charge is 2.20. The Morgan fingerprint density at radius 3 is 2.76 bits per heavy atom. The number of H-pyrrole nitrogens is 1. The van der Waals surface area contributed by atoms with Crippen LogP contribution in [0.2, 0.25) is 0 Å². The molecule has 4 heterocycles. The van der Waals surface area contributed by atoms with Crippen LogP contribution in [0.3, 0.4) is 0 Å². The fraction of sp³-hybridized carbons (Fsp3) is 0.250. The molecule has 1 N–H and O–H groups in total. The van der Waals surface area contributed by atoms with Gasteiger partial charge in [-0.25, -0.2) is 4.98 Å². The molecule has 25 heavy (non-hydrogen) atoms. The van der Waals surface area contributed by atoms with Crippen molar-refractivity contribution in [2.24, 2.45) is 0 Å². The minimum Gasteiger partial charge on any atom is -0.368 e. The van der Waals surface area contributed by atoms with E-state index in [0.29, 0.717) is 0 Å². The summed E-state index contributed by atoms with van der Waals surface area (Å²) in [7, 11) is 0. The van der Waals surface area contributed by atoms with E-state index in [2.05, 4.69) is 61.7 Å². The van der Waals surface area contributed by atoms with Crippen LogP contribution in [0.4, 0.5) is 5.69 Å². The van der Waals surface area contributed by atoms with Crippen LogP contribution in [0.25, 0.3) is 21.1 Å². The van der Waals surface area contributed by atoms with Crippen molar-refractivity contribution in [3.8, 4) is 0 Å². The first kappa shape index (κ1) is 14.9. The molecule has 1 fully saturated rings. The van der Waals surface area contributed by atoms with Crippen LogP contribution in [0.1, 0.15) is 5.56 Å². The fourth-order valence-electron chi connectivity index (χ4n) is 3.74. The second kappa shape index (κ2) is 6.17. The summed E-state index contributed by atoms with van der Waals surface area (Å²) in [6.07, 6.45) is 3.95. The van der Waals surface area contributed by atoms with Gasteiger partial charge in [0.05, 0.1) is 5.69 Å². The van der Waals surface area contributed by atoms with E-state index < -0.39 is 0 Å². The van der Waals surface area contributed by atoms with Gasteiger partial charge in [0.25, 0.3) is 0 Å². The topological polar surface area (TPSA) is 35.2 Å². The van der Waals surface area contributed by atoms with Crippen molar-refractivity contribution in [2.45, 2.75) is 6.54 Å². The first-order chi connectivity index (χ1) is 12.4. The molecule has 1 aliphatic rings. The van der Waals surface area contributed by atoms with E-state index in [1.54, 1.807) is 0 Å². The zero-order valence-corrected chi connectivity index (χ0v) is 14.8. The Morgan fingerprint density at radius 2 is 1.84 bits per heavy atom. The van der Waals surface area contributed by atoms with Crippen LogP contribution in [-0.4, -0.2) is 41.0 Å². The number of anilines is 1. The van der Waals surface area contributed by atoms with Gasteiger partial charge in [-0.1, -0.05) is 18.2 Å². The number of hydrogen-bond donors (Lipinski definition) is 1. The fourth-order valence-corrected chi connectivity index (χ4v) is 4.71. The molecule has 0 unspecified atom stereocenters. The zero-order chi connectivity index (χ0) is 16.6. The molecule has 4 nitrogen and oxygen atoms in total. The second-order valence-corrected chi connectivity index (χ2v) is 7.51. The number of aromatic amines is 1. The SMILES string of the molecule is c1ccc2c(N3CCN(Cc4c[nH]c5ncccc45)CC3)csc2c1. The molecule has 0 radical (unpaired) electrons. The summed E-state index contributed by atoms with van der Waals surface area (Å²) in [6, 6.07) is 12.9. The number of nitrogens with one attached hydrogen (secondary N) is 1. The summed E-state index contributed by atoms with van der Waals surface area (Å²) in [5.41, 5.74) is 3.73. The predicted octanol–water partition coefficient (Wildman–Crippen LogP) is 4.10. The molecule has 1 saturated heterocycles. The summed E-state index contributed by atoms with van der Waals surface area (Å²) in [5.74, 6) is 0. The number of hydrogen-bond acceptors (Lipinski definition) is 4. The van der Waals surface area contributed by atoms with Gasteiger partial charge in [0, 0.05) is 66.0 Å². The lowest BCUT2D eigenvalue weighted by Gasteiger charge is -2.35. The number of nitrogens with zero attached hydrogens (tertiary/aromatic N) is 3. The van der Waals surface area contributed by atoms with Crippen molar-refractivity contribution in [3.05, 3.63) is 59.7 Å². The number of fused-ring (bicyclic) bond motifs is 2. The molecule has 1 aliphatic heterocycles. The van der Waals surface area contributed by atoms with Crippen LogP contribution in [0.5, 0.6) is 0 Å². The van der Waals surface area contributed by atoms with Gasteiger partial charge in [-0.3, -0.25) is 4.90 Å². The largest absolute Gasteiger partial charge is 0.368 e. The number of aromatic nitrogens is 2. The van der Waals surface area contributed by atoms with Gasteiger partial charge >= 0.3 is 0 Å². The van der Waals surface area contributed by atoms with Gasteiger partial charge in [-0.15, -0.1) is 11.3 Å². The summed E-state index contributed by atoms with van der Waals surface area (Å²) in [6.45, 7) is 5.35. The van der Waals surface area contributed by atoms with E-state index in [4.69, 9.17) is 0 Å². The molecule has 5 heteroatoms. The lowest BCUT2D eigenvalue weighted by molar-refractivity contribution is 0.251. The van der Waals surface area contributed by atoms with Gasteiger partial charge in [0.2, 0.25) is 0 Å². The van der Waals surface area contributed by atoms with Crippen molar-refractivity contribution in [3.63, 3.8) is 0 Å². The average molecular weight is 348 g/mol. The Kier molecular flexibility index (Phi) is 3.68. The smallest absolute Gasteiger partial charge is 0.137 e. The second-order valence-electron chi connectivity index (χ2n) is 6.59. The maximum Gasteiger partial charge on any atom is 0.137 e. The van der Waals surface area contributed by atoms with Gasteiger partial charge in [0.15, 0.2) is 0 Å². The lowest BCUT2D eigenvalue weighted by Crippen LogP contribution is -2.45. The first-order valence-electron chi connectivity index (χ1n) is 8.73. The predicted molar refractivity (Wildman–Crippen MR) is 105 cm³/mol. The van der Waals surface area contributed by atoms with Crippen molar-refractivity contribution in [2.75, 3.05) is 31.1 Å². The molecular weight excluding hydrogens is 328 g/mol. The van der Waals surface area contributed by atoms with Gasteiger partial charge in [0.1, 0.15) is 5.65 Å². The number of benzene rings is 1. The normalized spacial score (nSPS) is 16.1. The molecule has 0 amide bonds. The molecule has 0 saturated carbocycles. The number of thiophene rings is 1. The highest BCUT2D eigenvalue weighted by atomic mass is 32.1. The summed E-state index contributed by atoms with van der Waals surface area (Å²) >= 11 is 1.85. The van der Waals surface area contributed by atoms with Crippen molar-refractivity contribution < 1.29 is 0 Å². The molecular formula is C20H20N4S. The van der Waals surface area contributed by atoms with E-state index in [1.165, 1.54) is 26.7 Å². The minimum absolute atomic E-state index is 0.987. The molecule has 5 rings (SSSR count). The Balaban J connectivity index is 1.30. The molecule has 3 aromatic heterocycles. The first-order valence-corrected chi connectivity index (χ1v) is 9.61. The average Bonchev–Trinajstić information content (AvgIpc) is 3.27. The standard InChI is InChI=1S/C20H20N4S/c1-2-6-19-17(4-1)18(14-25-19)24-10-8-23(9-11-24)13-15-12-22-20-16(15)5-3-7-21-20/h1-7,12,14H,8-11,13H2,(H,21,22). The summed E-state index contributed by atoms with van der Waals surface area (Å²) in [4.78, 5) is 12.7. The van der Waals surface area contributed by atoms with Crippen molar-refractivity contribution >= 4 is 38.1 Å². The molecule has 0 atom stereocenters. The maximum absolute atomic E-state index is 4.39. The third-order valence-electron chi connectivity index (χ3n) is 5.10. The molecule has 0 bridgehead atoms. The van der Waals surface area contributed by atoms with Crippen LogP contribution >= 0.6 is 11.3 Å². The van der Waals surface area contributed by atoms with Crippen molar-refractivity contribution in [1.82, 2.24) is 14.9 Å². The highest BCUT2D eigenvalue weighted by molar-refractivity contribution is 7.17. The van der Waals surface area contributed by atoms with Gasteiger partial charge in [-0.05, 0) is 23.8 Å². The molecule has 126 valence electrons. The highest BCUT2D eigenvalue weighted by Crippen LogP contribution is 2.33. The Morgan fingerprint density at radius 1 is 1.00 bits per heavy atom. The number of rotatable bonds is 3. The number of piperazine rings is 1.